The lowest BCUT2D eigenvalue weighted by molar-refractivity contribution is 0.100. The predicted molar refractivity (Wildman–Crippen MR) is 73.3 cm³/mol. The fourth-order valence-electron chi connectivity index (χ4n) is 1.68. The zero-order valence-corrected chi connectivity index (χ0v) is 11.5. The second-order valence-corrected chi connectivity index (χ2v) is 5.44. The van der Waals surface area contributed by atoms with Crippen LogP contribution < -0.4 is 11.1 Å². The molecule has 1 heterocycles. The SMILES string of the molecule is CCCCCC(C)NCc1cc(C(N)=O)cs1. The van der Waals surface area contributed by atoms with Crippen LogP contribution in [0.15, 0.2) is 11.4 Å². The van der Waals surface area contributed by atoms with E-state index in [0.29, 0.717) is 11.6 Å². The average molecular weight is 254 g/mol. The van der Waals surface area contributed by atoms with Crippen LogP contribution in [0.3, 0.4) is 0 Å². The maximum atomic E-state index is 10.9. The number of hydrogen-bond donors (Lipinski definition) is 2. The van der Waals surface area contributed by atoms with Gasteiger partial charge in [0.05, 0.1) is 5.56 Å². The minimum atomic E-state index is -0.344. The van der Waals surface area contributed by atoms with Gasteiger partial charge in [0.1, 0.15) is 0 Å². The van der Waals surface area contributed by atoms with Crippen molar-refractivity contribution in [1.82, 2.24) is 5.32 Å². The number of nitrogens with one attached hydrogen (secondary N) is 1. The minimum absolute atomic E-state index is 0.344. The van der Waals surface area contributed by atoms with Crippen molar-refractivity contribution in [2.45, 2.75) is 52.1 Å². The third-order valence-electron chi connectivity index (χ3n) is 2.80. The summed E-state index contributed by atoms with van der Waals surface area (Å²) in [6.45, 7) is 5.25. The van der Waals surface area contributed by atoms with E-state index in [1.165, 1.54) is 30.6 Å². The smallest absolute Gasteiger partial charge is 0.249 e. The molecule has 1 atom stereocenters. The summed E-state index contributed by atoms with van der Waals surface area (Å²) < 4.78 is 0. The molecule has 0 bridgehead atoms. The van der Waals surface area contributed by atoms with Gasteiger partial charge in [-0.3, -0.25) is 4.79 Å². The number of carbonyl (C=O) groups excluding carboxylic acids is 1. The molecule has 1 amide bonds. The quantitative estimate of drug-likeness (QED) is 0.701. The monoisotopic (exact) mass is 254 g/mol. The number of amides is 1. The molecule has 0 radical (unpaired) electrons. The number of unbranched alkanes of at least 4 members (excludes halogenated alkanes) is 2. The van der Waals surface area contributed by atoms with Gasteiger partial charge in [-0.1, -0.05) is 26.2 Å². The van der Waals surface area contributed by atoms with Crippen molar-refractivity contribution < 1.29 is 4.79 Å². The summed E-state index contributed by atoms with van der Waals surface area (Å²) >= 11 is 1.58. The van der Waals surface area contributed by atoms with Crippen LogP contribution in [0.1, 0.15) is 54.8 Å². The lowest BCUT2D eigenvalue weighted by atomic mass is 10.1. The summed E-state index contributed by atoms with van der Waals surface area (Å²) in [7, 11) is 0. The fourth-order valence-corrected chi connectivity index (χ4v) is 2.50. The number of nitrogens with two attached hydrogens (primary N) is 1. The summed E-state index contributed by atoms with van der Waals surface area (Å²) in [5, 5.41) is 5.29. The molecule has 0 saturated heterocycles. The molecule has 96 valence electrons. The van der Waals surface area contributed by atoms with E-state index in [2.05, 4.69) is 19.2 Å². The van der Waals surface area contributed by atoms with Crippen molar-refractivity contribution in [2.24, 2.45) is 5.73 Å². The summed E-state index contributed by atoms with van der Waals surface area (Å²) in [6, 6.07) is 2.40. The second-order valence-electron chi connectivity index (χ2n) is 4.44. The van der Waals surface area contributed by atoms with Gasteiger partial charge < -0.3 is 11.1 Å². The molecular weight excluding hydrogens is 232 g/mol. The summed E-state index contributed by atoms with van der Waals surface area (Å²) in [5.74, 6) is -0.344. The maximum Gasteiger partial charge on any atom is 0.249 e. The first-order valence-corrected chi connectivity index (χ1v) is 7.12. The Balaban J connectivity index is 2.26. The molecule has 3 nitrogen and oxygen atoms in total. The van der Waals surface area contributed by atoms with Gasteiger partial charge in [0, 0.05) is 22.8 Å². The van der Waals surface area contributed by atoms with E-state index < -0.39 is 0 Å². The van der Waals surface area contributed by atoms with Crippen LogP contribution >= 0.6 is 11.3 Å². The maximum absolute atomic E-state index is 10.9. The fraction of sp³-hybridized carbons (Fsp3) is 0.615. The minimum Gasteiger partial charge on any atom is -0.366 e. The largest absolute Gasteiger partial charge is 0.366 e. The molecule has 0 aromatic carbocycles. The van der Waals surface area contributed by atoms with Gasteiger partial charge in [-0.15, -0.1) is 11.3 Å². The predicted octanol–water partition coefficient (Wildman–Crippen LogP) is 2.91. The topological polar surface area (TPSA) is 55.1 Å². The zero-order valence-electron chi connectivity index (χ0n) is 10.7. The Morgan fingerprint density at radius 2 is 2.29 bits per heavy atom. The van der Waals surface area contributed by atoms with E-state index in [1.54, 1.807) is 11.3 Å². The van der Waals surface area contributed by atoms with E-state index in [9.17, 15) is 4.79 Å². The molecule has 0 fully saturated rings. The molecule has 3 N–H and O–H groups in total. The molecule has 0 spiro atoms. The van der Waals surface area contributed by atoms with Crippen LogP contribution in [0.4, 0.5) is 0 Å². The van der Waals surface area contributed by atoms with E-state index in [1.807, 2.05) is 11.4 Å². The van der Waals surface area contributed by atoms with Crippen molar-refractivity contribution in [3.63, 3.8) is 0 Å². The molecular formula is C13H22N2OS. The van der Waals surface area contributed by atoms with Crippen LogP contribution in [0.5, 0.6) is 0 Å². The first-order valence-electron chi connectivity index (χ1n) is 6.24. The number of hydrogen-bond acceptors (Lipinski definition) is 3. The number of primary amides is 1. The molecule has 1 aromatic heterocycles. The number of thiophene rings is 1. The van der Waals surface area contributed by atoms with Gasteiger partial charge in [0.15, 0.2) is 0 Å². The Labute approximate surface area is 107 Å². The Morgan fingerprint density at radius 1 is 1.53 bits per heavy atom. The Hall–Kier alpha value is -0.870. The highest BCUT2D eigenvalue weighted by molar-refractivity contribution is 7.10. The molecule has 1 unspecified atom stereocenters. The number of rotatable bonds is 8. The molecule has 17 heavy (non-hydrogen) atoms. The van der Waals surface area contributed by atoms with E-state index >= 15 is 0 Å². The van der Waals surface area contributed by atoms with Gasteiger partial charge in [-0.25, -0.2) is 0 Å². The summed E-state index contributed by atoms with van der Waals surface area (Å²) in [6.07, 6.45) is 5.06. The van der Waals surface area contributed by atoms with Crippen LogP contribution in [0, 0.1) is 0 Å². The molecule has 4 heteroatoms. The summed E-state index contributed by atoms with van der Waals surface area (Å²) in [4.78, 5) is 12.1. The van der Waals surface area contributed by atoms with Gasteiger partial charge in [0.2, 0.25) is 5.91 Å². The van der Waals surface area contributed by atoms with Crippen LogP contribution in [0.25, 0.3) is 0 Å². The highest BCUT2D eigenvalue weighted by Gasteiger charge is 2.06. The highest BCUT2D eigenvalue weighted by Crippen LogP contribution is 2.14. The molecule has 0 saturated carbocycles. The Kier molecular flexibility index (Phi) is 6.22. The van der Waals surface area contributed by atoms with E-state index in [4.69, 9.17) is 5.73 Å². The van der Waals surface area contributed by atoms with Gasteiger partial charge in [-0.2, -0.15) is 0 Å². The van der Waals surface area contributed by atoms with Crippen molar-refractivity contribution in [3.05, 3.63) is 21.9 Å². The third kappa shape index (κ3) is 5.33. The van der Waals surface area contributed by atoms with E-state index in [-0.39, 0.29) is 5.91 Å². The third-order valence-corrected chi connectivity index (χ3v) is 3.74. The van der Waals surface area contributed by atoms with Crippen LogP contribution in [0.2, 0.25) is 0 Å². The van der Waals surface area contributed by atoms with Crippen molar-refractivity contribution in [2.75, 3.05) is 0 Å². The second kappa shape index (κ2) is 7.45. The lowest BCUT2D eigenvalue weighted by Gasteiger charge is -2.12. The van der Waals surface area contributed by atoms with Gasteiger partial charge in [0.25, 0.3) is 0 Å². The molecule has 0 aliphatic carbocycles. The standard InChI is InChI=1S/C13H22N2OS/c1-3-4-5-6-10(2)15-8-12-7-11(9-17-12)13(14)16/h7,9-10,15H,3-6,8H2,1-2H3,(H2,14,16). The highest BCUT2D eigenvalue weighted by atomic mass is 32.1. The Bertz CT molecular complexity index is 349. The van der Waals surface area contributed by atoms with Crippen molar-refractivity contribution >= 4 is 17.2 Å². The molecule has 0 aliphatic heterocycles. The number of carbonyl (C=O) groups is 1. The first kappa shape index (κ1) is 14.2. The van der Waals surface area contributed by atoms with Crippen LogP contribution in [-0.4, -0.2) is 11.9 Å². The van der Waals surface area contributed by atoms with Gasteiger partial charge in [-0.05, 0) is 19.4 Å². The first-order chi connectivity index (χ1) is 8.13. The Morgan fingerprint density at radius 3 is 2.88 bits per heavy atom. The van der Waals surface area contributed by atoms with Crippen molar-refractivity contribution in [1.29, 1.82) is 0 Å². The zero-order chi connectivity index (χ0) is 12.7. The molecule has 0 aliphatic rings. The normalized spacial score (nSPS) is 12.6. The average Bonchev–Trinajstić information content (AvgIpc) is 2.75. The summed E-state index contributed by atoms with van der Waals surface area (Å²) in [5.41, 5.74) is 5.83. The van der Waals surface area contributed by atoms with Crippen LogP contribution in [-0.2, 0) is 6.54 Å². The molecule has 1 rings (SSSR count). The van der Waals surface area contributed by atoms with Gasteiger partial charge >= 0.3 is 0 Å². The van der Waals surface area contributed by atoms with Crippen molar-refractivity contribution in [3.8, 4) is 0 Å². The van der Waals surface area contributed by atoms with E-state index in [0.717, 1.165) is 6.54 Å². The lowest BCUT2D eigenvalue weighted by Crippen LogP contribution is -2.24. The molecule has 1 aromatic rings.